The lowest BCUT2D eigenvalue weighted by molar-refractivity contribution is 0.390. The summed E-state index contributed by atoms with van der Waals surface area (Å²) in [5.74, 6) is 0.793. The lowest BCUT2D eigenvalue weighted by Crippen LogP contribution is -2.27. The van der Waals surface area contributed by atoms with E-state index in [0.29, 0.717) is 17.2 Å². The molecular weight excluding hydrogens is 302 g/mol. The van der Waals surface area contributed by atoms with Crippen molar-refractivity contribution in [3.8, 4) is 11.5 Å². The van der Waals surface area contributed by atoms with Gasteiger partial charge in [-0.1, -0.05) is 18.2 Å². The number of methoxy groups -OCH3 is 2. The molecule has 2 aromatic carbocycles. The summed E-state index contributed by atoms with van der Waals surface area (Å²) >= 11 is 0. The largest absolute Gasteiger partial charge is 0.496 e. The van der Waals surface area contributed by atoms with E-state index in [0.717, 1.165) is 5.56 Å². The fraction of sp³-hybridized carbons (Fsp3) is 0.250. The fourth-order valence-corrected chi connectivity index (χ4v) is 3.49. The van der Waals surface area contributed by atoms with Crippen LogP contribution in [0.25, 0.3) is 0 Å². The molecule has 0 aliphatic carbocycles. The number of benzene rings is 2. The number of nitrogens with zero attached hydrogens (tertiary/aromatic N) is 1. The van der Waals surface area contributed by atoms with Crippen LogP contribution in [0.5, 0.6) is 11.5 Å². The van der Waals surface area contributed by atoms with Crippen molar-refractivity contribution in [2.24, 2.45) is 0 Å². The zero-order chi connectivity index (χ0) is 16.3. The number of anilines is 1. The normalized spacial score (nSPS) is 11.1. The average molecular weight is 321 g/mol. The first-order chi connectivity index (χ1) is 10.4. The minimum Gasteiger partial charge on any atom is -0.496 e. The van der Waals surface area contributed by atoms with Crippen LogP contribution in [-0.4, -0.2) is 29.7 Å². The highest BCUT2D eigenvalue weighted by molar-refractivity contribution is 7.92. The zero-order valence-electron chi connectivity index (χ0n) is 13.0. The molecule has 0 aromatic heterocycles. The fourth-order valence-electron chi connectivity index (χ4n) is 2.15. The first-order valence-corrected chi connectivity index (χ1v) is 8.12. The second kappa shape index (κ2) is 6.27. The predicted octanol–water partition coefficient (Wildman–Crippen LogP) is 2.84. The van der Waals surface area contributed by atoms with Gasteiger partial charge in [-0.05, 0) is 30.7 Å². The molecule has 0 unspecified atom stereocenters. The molecule has 0 aliphatic heterocycles. The summed E-state index contributed by atoms with van der Waals surface area (Å²) in [6, 6.07) is 12.0. The Morgan fingerprint density at radius 1 is 0.955 bits per heavy atom. The zero-order valence-corrected chi connectivity index (χ0v) is 13.8. The van der Waals surface area contributed by atoms with E-state index in [9.17, 15) is 8.42 Å². The predicted molar refractivity (Wildman–Crippen MR) is 86.3 cm³/mol. The highest BCUT2D eigenvalue weighted by Gasteiger charge is 2.26. The molecule has 6 heteroatoms. The minimum atomic E-state index is -3.76. The van der Waals surface area contributed by atoms with Gasteiger partial charge in [0.05, 0.1) is 19.9 Å². The van der Waals surface area contributed by atoms with Gasteiger partial charge in [0.25, 0.3) is 10.0 Å². The minimum absolute atomic E-state index is 0.0730. The molecule has 0 saturated carbocycles. The van der Waals surface area contributed by atoms with Crippen LogP contribution in [0.15, 0.2) is 47.4 Å². The number of hydrogen-bond donors (Lipinski definition) is 0. The summed E-state index contributed by atoms with van der Waals surface area (Å²) in [6.07, 6.45) is 0. The Labute approximate surface area is 131 Å². The Balaban J connectivity index is 2.58. The molecule has 2 aromatic rings. The Bertz CT molecular complexity index is 757. The summed E-state index contributed by atoms with van der Waals surface area (Å²) in [5.41, 5.74) is 1.38. The molecule has 0 radical (unpaired) electrons. The average Bonchev–Trinajstić information content (AvgIpc) is 2.54. The van der Waals surface area contributed by atoms with E-state index in [1.54, 1.807) is 30.3 Å². The van der Waals surface area contributed by atoms with Crippen LogP contribution in [-0.2, 0) is 10.0 Å². The van der Waals surface area contributed by atoms with Crippen LogP contribution in [0.1, 0.15) is 5.56 Å². The molecule has 0 saturated heterocycles. The van der Waals surface area contributed by atoms with E-state index in [-0.39, 0.29) is 4.90 Å². The Morgan fingerprint density at radius 2 is 1.55 bits per heavy atom. The molecule has 22 heavy (non-hydrogen) atoms. The summed E-state index contributed by atoms with van der Waals surface area (Å²) < 4.78 is 37.5. The van der Waals surface area contributed by atoms with Crippen LogP contribution in [0, 0.1) is 6.92 Å². The number of hydrogen-bond acceptors (Lipinski definition) is 4. The first-order valence-electron chi connectivity index (χ1n) is 6.68. The molecule has 0 spiro atoms. The van der Waals surface area contributed by atoms with E-state index in [2.05, 4.69) is 0 Å². The lowest BCUT2D eigenvalue weighted by atomic mass is 10.2. The van der Waals surface area contributed by atoms with E-state index in [4.69, 9.17) is 9.47 Å². The third kappa shape index (κ3) is 2.87. The molecule has 0 N–H and O–H groups in total. The molecule has 0 atom stereocenters. The quantitative estimate of drug-likeness (QED) is 0.850. The van der Waals surface area contributed by atoms with Crippen molar-refractivity contribution < 1.29 is 17.9 Å². The SMILES string of the molecule is COc1cc(S(=O)(=O)N(C)c2ccccc2)c(OC)cc1C. The lowest BCUT2D eigenvalue weighted by Gasteiger charge is -2.21. The Morgan fingerprint density at radius 3 is 2.09 bits per heavy atom. The van der Waals surface area contributed by atoms with E-state index < -0.39 is 10.0 Å². The van der Waals surface area contributed by atoms with Crippen LogP contribution in [0.2, 0.25) is 0 Å². The number of ether oxygens (including phenoxy) is 2. The van der Waals surface area contributed by atoms with Gasteiger partial charge in [0, 0.05) is 13.1 Å². The third-order valence-electron chi connectivity index (χ3n) is 3.44. The Kier molecular flexibility index (Phi) is 4.61. The van der Waals surface area contributed by atoms with Gasteiger partial charge in [0.1, 0.15) is 16.4 Å². The standard InChI is InChI=1S/C16H19NO4S/c1-12-10-15(21-4)16(11-14(12)20-3)22(18,19)17(2)13-8-6-5-7-9-13/h5-11H,1-4H3. The van der Waals surface area contributed by atoms with E-state index in [1.807, 2.05) is 13.0 Å². The summed E-state index contributed by atoms with van der Waals surface area (Å²) in [7, 11) is 0.708. The summed E-state index contributed by atoms with van der Waals surface area (Å²) in [4.78, 5) is 0.0730. The van der Waals surface area contributed by atoms with Gasteiger partial charge in [-0.2, -0.15) is 0 Å². The molecule has 0 heterocycles. The monoisotopic (exact) mass is 321 g/mol. The highest BCUT2D eigenvalue weighted by Crippen LogP contribution is 2.34. The molecule has 118 valence electrons. The molecule has 5 nitrogen and oxygen atoms in total. The van der Waals surface area contributed by atoms with Crippen molar-refractivity contribution in [2.45, 2.75) is 11.8 Å². The number of sulfonamides is 1. The van der Waals surface area contributed by atoms with Gasteiger partial charge in [-0.3, -0.25) is 4.31 Å². The number of aryl methyl sites for hydroxylation is 1. The van der Waals surface area contributed by atoms with Crippen LogP contribution < -0.4 is 13.8 Å². The molecule has 0 amide bonds. The maximum absolute atomic E-state index is 12.9. The number of rotatable bonds is 5. The molecule has 0 aliphatic rings. The molecular formula is C16H19NO4S. The third-order valence-corrected chi connectivity index (χ3v) is 5.25. The second-order valence-electron chi connectivity index (χ2n) is 4.78. The van der Waals surface area contributed by atoms with Crippen molar-refractivity contribution in [3.05, 3.63) is 48.0 Å². The van der Waals surface area contributed by atoms with Crippen molar-refractivity contribution in [1.29, 1.82) is 0 Å². The van der Waals surface area contributed by atoms with Crippen LogP contribution in [0.4, 0.5) is 5.69 Å². The first kappa shape index (κ1) is 16.2. The topological polar surface area (TPSA) is 55.8 Å². The van der Waals surface area contributed by atoms with Crippen molar-refractivity contribution in [3.63, 3.8) is 0 Å². The summed E-state index contributed by atoms with van der Waals surface area (Å²) in [5, 5.41) is 0. The van der Waals surface area contributed by atoms with Gasteiger partial charge in [-0.25, -0.2) is 8.42 Å². The molecule has 0 bridgehead atoms. The van der Waals surface area contributed by atoms with Crippen molar-refractivity contribution in [2.75, 3.05) is 25.6 Å². The van der Waals surface area contributed by atoms with Gasteiger partial charge in [0.2, 0.25) is 0 Å². The molecule has 0 fully saturated rings. The van der Waals surface area contributed by atoms with Gasteiger partial charge < -0.3 is 9.47 Å². The van der Waals surface area contributed by atoms with E-state index >= 15 is 0 Å². The van der Waals surface area contributed by atoms with Gasteiger partial charge in [0.15, 0.2) is 0 Å². The van der Waals surface area contributed by atoms with Crippen molar-refractivity contribution in [1.82, 2.24) is 0 Å². The maximum Gasteiger partial charge on any atom is 0.267 e. The summed E-state index contributed by atoms with van der Waals surface area (Å²) in [6.45, 7) is 1.83. The van der Waals surface area contributed by atoms with Crippen LogP contribution >= 0.6 is 0 Å². The smallest absolute Gasteiger partial charge is 0.267 e. The highest BCUT2D eigenvalue weighted by atomic mass is 32.2. The Hall–Kier alpha value is -2.21. The van der Waals surface area contributed by atoms with Gasteiger partial charge in [-0.15, -0.1) is 0 Å². The van der Waals surface area contributed by atoms with Crippen LogP contribution in [0.3, 0.4) is 0 Å². The van der Waals surface area contributed by atoms with Crippen molar-refractivity contribution >= 4 is 15.7 Å². The van der Waals surface area contributed by atoms with Gasteiger partial charge >= 0.3 is 0 Å². The number of para-hydroxylation sites is 1. The van der Waals surface area contributed by atoms with E-state index in [1.165, 1.54) is 31.6 Å². The maximum atomic E-state index is 12.9. The molecule has 2 rings (SSSR count). The second-order valence-corrected chi connectivity index (χ2v) is 6.72.